The van der Waals surface area contributed by atoms with E-state index >= 15 is 0 Å². The summed E-state index contributed by atoms with van der Waals surface area (Å²) in [4.78, 5) is 29.7. The van der Waals surface area contributed by atoms with Crippen molar-refractivity contribution in [3.05, 3.63) is 4.88 Å². The smallest absolute Gasteiger partial charge is 0.265 e. The zero-order valence-electron chi connectivity index (χ0n) is 11.4. The van der Waals surface area contributed by atoms with E-state index in [0.29, 0.717) is 4.88 Å². The summed E-state index contributed by atoms with van der Waals surface area (Å²) in [7, 11) is 0. The zero-order chi connectivity index (χ0) is 14.7. The van der Waals surface area contributed by atoms with Crippen LogP contribution in [0.4, 0.5) is 10.9 Å². The summed E-state index contributed by atoms with van der Waals surface area (Å²) in [5.41, 5.74) is 10.9. The molecule has 1 aliphatic heterocycles. The number of carbonyl (C=O) groups is 2. The molecule has 0 spiro atoms. The molecule has 1 unspecified atom stereocenters. The highest BCUT2D eigenvalue weighted by Crippen LogP contribution is 2.29. The molecule has 7 nitrogen and oxygen atoms in total. The average Bonchev–Trinajstić information content (AvgIpc) is 2.81. The van der Waals surface area contributed by atoms with E-state index in [-0.39, 0.29) is 5.82 Å². The van der Waals surface area contributed by atoms with Crippen LogP contribution in [0.15, 0.2) is 0 Å². The Kier molecular flexibility index (Phi) is 4.43. The number of nitrogen functional groups attached to an aromatic ring is 1. The number of hydrogen-bond acceptors (Lipinski definition) is 6. The highest BCUT2D eigenvalue weighted by Gasteiger charge is 2.22. The number of piperidine rings is 1. The van der Waals surface area contributed by atoms with Crippen LogP contribution in [0.2, 0.25) is 0 Å². The molecular formula is C12H19N5O2S. The number of thiazole rings is 1. The standard InChI is InChI=1S/C12H19N5O2S/c1-7(10(14)18)15-11(19)8-9(13)16-12(20-8)17-5-3-2-4-6-17/h7H,2-6,13H2,1H3,(H2,14,18)(H,15,19). The van der Waals surface area contributed by atoms with Gasteiger partial charge in [0.15, 0.2) is 5.13 Å². The molecule has 1 fully saturated rings. The van der Waals surface area contributed by atoms with Gasteiger partial charge in [-0.05, 0) is 26.2 Å². The molecule has 0 bridgehead atoms. The third-order valence-corrected chi connectivity index (χ3v) is 4.38. The second kappa shape index (κ2) is 6.08. The van der Waals surface area contributed by atoms with Crippen molar-refractivity contribution in [2.45, 2.75) is 32.2 Å². The molecule has 1 aromatic rings. The minimum absolute atomic E-state index is 0.199. The average molecular weight is 297 g/mol. The van der Waals surface area contributed by atoms with Crippen molar-refractivity contribution in [3.63, 3.8) is 0 Å². The number of nitrogens with two attached hydrogens (primary N) is 2. The maximum atomic E-state index is 12.0. The lowest BCUT2D eigenvalue weighted by Crippen LogP contribution is -2.42. The molecular weight excluding hydrogens is 278 g/mol. The summed E-state index contributed by atoms with van der Waals surface area (Å²) in [5.74, 6) is -0.794. The Labute approximate surface area is 121 Å². The third-order valence-electron chi connectivity index (χ3n) is 3.25. The molecule has 1 saturated heterocycles. The lowest BCUT2D eigenvalue weighted by atomic mass is 10.1. The molecule has 2 heterocycles. The fourth-order valence-corrected chi connectivity index (χ4v) is 2.98. The Hall–Kier alpha value is -1.83. The number of primary amides is 1. The molecule has 2 rings (SSSR count). The quantitative estimate of drug-likeness (QED) is 0.740. The van der Waals surface area contributed by atoms with Crippen LogP contribution in [-0.4, -0.2) is 35.9 Å². The van der Waals surface area contributed by atoms with Crippen LogP contribution in [0, 0.1) is 0 Å². The predicted molar refractivity (Wildman–Crippen MR) is 78.7 cm³/mol. The van der Waals surface area contributed by atoms with Gasteiger partial charge in [-0.3, -0.25) is 9.59 Å². The van der Waals surface area contributed by atoms with Crippen molar-refractivity contribution in [2.24, 2.45) is 5.73 Å². The van der Waals surface area contributed by atoms with Crippen molar-refractivity contribution in [1.82, 2.24) is 10.3 Å². The largest absolute Gasteiger partial charge is 0.382 e. The minimum atomic E-state index is -0.734. The summed E-state index contributed by atoms with van der Waals surface area (Å²) in [6, 6.07) is -0.734. The summed E-state index contributed by atoms with van der Waals surface area (Å²) in [5, 5.41) is 3.27. The van der Waals surface area contributed by atoms with E-state index in [1.165, 1.54) is 24.7 Å². The monoisotopic (exact) mass is 297 g/mol. The first kappa shape index (κ1) is 14.6. The van der Waals surface area contributed by atoms with E-state index in [9.17, 15) is 9.59 Å². The van der Waals surface area contributed by atoms with Crippen LogP contribution in [0.25, 0.3) is 0 Å². The summed E-state index contributed by atoms with van der Waals surface area (Å²) >= 11 is 1.25. The van der Waals surface area contributed by atoms with Gasteiger partial charge in [-0.15, -0.1) is 0 Å². The lowest BCUT2D eigenvalue weighted by Gasteiger charge is -2.25. The number of aromatic nitrogens is 1. The van der Waals surface area contributed by atoms with E-state index in [2.05, 4.69) is 15.2 Å². The van der Waals surface area contributed by atoms with E-state index in [4.69, 9.17) is 11.5 Å². The van der Waals surface area contributed by atoms with Crippen molar-refractivity contribution in [1.29, 1.82) is 0 Å². The van der Waals surface area contributed by atoms with Gasteiger partial charge in [0, 0.05) is 13.1 Å². The molecule has 1 aromatic heterocycles. The minimum Gasteiger partial charge on any atom is -0.382 e. The molecule has 0 radical (unpaired) electrons. The number of carbonyl (C=O) groups excluding carboxylic acids is 2. The highest BCUT2D eigenvalue weighted by molar-refractivity contribution is 7.18. The fraction of sp³-hybridized carbons (Fsp3) is 0.583. The number of rotatable bonds is 4. The van der Waals surface area contributed by atoms with Gasteiger partial charge in [-0.1, -0.05) is 11.3 Å². The molecule has 1 atom stereocenters. The Morgan fingerprint density at radius 3 is 2.60 bits per heavy atom. The van der Waals surface area contributed by atoms with Crippen LogP contribution >= 0.6 is 11.3 Å². The molecule has 1 aliphatic rings. The normalized spacial score (nSPS) is 16.8. The zero-order valence-corrected chi connectivity index (χ0v) is 12.2. The first-order valence-corrected chi connectivity index (χ1v) is 7.42. The van der Waals surface area contributed by atoms with Crippen LogP contribution in [0.3, 0.4) is 0 Å². The second-order valence-corrected chi connectivity index (χ2v) is 5.83. The van der Waals surface area contributed by atoms with Gasteiger partial charge >= 0.3 is 0 Å². The highest BCUT2D eigenvalue weighted by atomic mass is 32.1. The Morgan fingerprint density at radius 2 is 2.00 bits per heavy atom. The summed E-state index contributed by atoms with van der Waals surface area (Å²) in [6.45, 7) is 3.40. The van der Waals surface area contributed by atoms with Gasteiger partial charge in [0.1, 0.15) is 16.7 Å². The molecule has 0 aromatic carbocycles. The number of nitrogens with zero attached hydrogens (tertiary/aromatic N) is 2. The molecule has 2 amide bonds. The van der Waals surface area contributed by atoms with Crippen LogP contribution < -0.4 is 21.7 Å². The number of hydrogen-bond donors (Lipinski definition) is 3. The third kappa shape index (κ3) is 3.19. The van der Waals surface area contributed by atoms with Crippen molar-refractivity contribution >= 4 is 34.1 Å². The van der Waals surface area contributed by atoms with Gasteiger partial charge in [0.25, 0.3) is 5.91 Å². The Morgan fingerprint density at radius 1 is 1.35 bits per heavy atom. The molecule has 0 saturated carbocycles. The van der Waals surface area contributed by atoms with Gasteiger partial charge < -0.3 is 21.7 Å². The van der Waals surface area contributed by atoms with Gasteiger partial charge in [-0.25, -0.2) is 4.98 Å². The van der Waals surface area contributed by atoms with Crippen molar-refractivity contribution < 1.29 is 9.59 Å². The number of anilines is 2. The molecule has 8 heteroatoms. The van der Waals surface area contributed by atoms with Gasteiger partial charge in [0.2, 0.25) is 5.91 Å². The van der Waals surface area contributed by atoms with Crippen molar-refractivity contribution in [3.8, 4) is 0 Å². The Bertz CT molecular complexity index is 510. The molecule has 0 aliphatic carbocycles. The topological polar surface area (TPSA) is 114 Å². The SMILES string of the molecule is CC(NC(=O)c1sc(N2CCCCC2)nc1N)C(N)=O. The number of nitrogens with one attached hydrogen (secondary N) is 1. The first-order chi connectivity index (χ1) is 9.49. The van der Waals surface area contributed by atoms with E-state index in [1.54, 1.807) is 0 Å². The molecule has 20 heavy (non-hydrogen) atoms. The van der Waals surface area contributed by atoms with Gasteiger partial charge in [0.05, 0.1) is 0 Å². The van der Waals surface area contributed by atoms with E-state index in [0.717, 1.165) is 31.1 Å². The predicted octanol–water partition coefficient (Wildman–Crippen LogP) is 0.319. The molecule has 110 valence electrons. The maximum absolute atomic E-state index is 12.0. The van der Waals surface area contributed by atoms with E-state index < -0.39 is 17.9 Å². The Balaban J connectivity index is 2.10. The summed E-state index contributed by atoms with van der Waals surface area (Å²) < 4.78 is 0. The van der Waals surface area contributed by atoms with Crippen LogP contribution in [0.1, 0.15) is 35.9 Å². The van der Waals surface area contributed by atoms with Crippen molar-refractivity contribution in [2.75, 3.05) is 23.7 Å². The number of amides is 2. The summed E-state index contributed by atoms with van der Waals surface area (Å²) in [6.07, 6.45) is 3.47. The van der Waals surface area contributed by atoms with Crippen LogP contribution in [0.5, 0.6) is 0 Å². The van der Waals surface area contributed by atoms with E-state index in [1.807, 2.05) is 0 Å². The van der Waals surface area contributed by atoms with Crippen LogP contribution in [-0.2, 0) is 4.79 Å². The second-order valence-electron chi connectivity index (χ2n) is 4.86. The maximum Gasteiger partial charge on any atom is 0.265 e. The lowest BCUT2D eigenvalue weighted by molar-refractivity contribution is -0.119. The fourth-order valence-electron chi connectivity index (χ4n) is 2.04. The van der Waals surface area contributed by atoms with Gasteiger partial charge in [-0.2, -0.15) is 0 Å². The first-order valence-electron chi connectivity index (χ1n) is 6.60. The molecule has 5 N–H and O–H groups in total.